The first-order chi connectivity index (χ1) is 14.2. The van der Waals surface area contributed by atoms with Crippen molar-refractivity contribution in [2.75, 3.05) is 11.1 Å². The Labute approximate surface area is 173 Å². The van der Waals surface area contributed by atoms with Gasteiger partial charge in [0, 0.05) is 16.9 Å². The summed E-state index contributed by atoms with van der Waals surface area (Å²) in [5.74, 6) is 0.913. The topological polar surface area (TPSA) is 59.8 Å². The van der Waals surface area contributed by atoms with Crippen molar-refractivity contribution in [1.82, 2.24) is 14.8 Å². The predicted molar refractivity (Wildman–Crippen MR) is 117 cm³/mol. The Morgan fingerprint density at radius 1 is 0.931 bits per heavy atom. The lowest BCUT2D eigenvalue weighted by atomic mass is 10.2. The Bertz CT molecular complexity index is 1110. The van der Waals surface area contributed by atoms with Gasteiger partial charge in [-0.3, -0.25) is 9.36 Å². The summed E-state index contributed by atoms with van der Waals surface area (Å²) in [6.07, 6.45) is 0. The van der Waals surface area contributed by atoms with Gasteiger partial charge in [-0.05, 0) is 36.8 Å². The third-order valence-corrected chi connectivity index (χ3v) is 5.24. The van der Waals surface area contributed by atoms with Crippen molar-refractivity contribution in [1.29, 1.82) is 0 Å². The smallest absolute Gasteiger partial charge is 0.234 e. The number of benzene rings is 3. The molecule has 0 fully saturated rings. The summed E-state index contributed by atoms with van der Waals surface area (Å²) in [6.45, 7) is 2.00. The van der Waals surface area contributed by atoms with Crippen LogP contribution in [-0.4, -0.2) is 26.4 Å². The van der Waals surface area contributed by atoms with Gasteiger partial charge in [-0.1, -0.05) is 72.4 Å². The van der Waals surface area contributed by atoms with Crippen LogP contribution in [0.1, 0.15) is 5.56 Å². The molecule has 1 N–H and O–H groups in total. The molecule has 5 nitrogen and oxygen atoms in total. The summed E-state index contributed by atoms with van der Waals surface area (Å²) >= 11 is 1.37. The standard InChI is InChI=1S/C23H20N4OS/c1-17-9-8-12-19(15-17)24-21(28)16-29-23-26-25-22(18-10-4-2-5-11-18)27(23)20-13-6-3-7-14-20/h2-15H,16H2,1H3,(H,24,28). The van der Waals surface area contributed by atoms with Gasteiger partial charge >= 0.3 is 0 Å². The van der Waals surface area contributed by atoms with Crippen molar-refractivity contribution in [3.63, 3.8) is 0 Å². The molecule has 6 heteroatoms. The molecule has 0 saturated carbocycles. The van der Waals surface area contributed by atoms with Crippen molar-refractivity contribution < 1.29 is 4.79 Å². The molecule has 0 saturated heterocycles. The van der Waals surface area contributed by atoms with Crippen LogP contribution < -0.4 is 5.32 Å². The molecule has 0 aliphatic heterocycles. The van der Waals surface area contributed by atoms with Gasteiger partial charge in [-0.25, -0.2) is 0 Å². The van der Waals surface area contributed by atoms with Crippen molar-refractivity contribution in [2.45, 2.75) is 12.1 Å². The van der Waals surface area contributed by atoms with Gasteiger partial charge in [0.15, 0.2) is 11.0 Å². The van der Waals surface area contributed by atoms with Gasteiger partial charge in [0.25, 0.3) is 0 Å². The summed E-state index contributed by atoms with van der Waals surface area (Å²) in [5.41, 5.74) is 3.83. The van der Waals surface area contributed by atoms with Crippen LogP contribution in [-0.2, 0) is 4.79 Å². The molecular formula is C23H20N4OS. The number of hydrogen-bond donors (Lipinski definition) is 1. The Morgan fingerprint density at radius 2 is 1.66 bits per heavy atom. The van der Waals surface area contributed by atoms with Crippen LogP contribution >= 0.6 is 11.8 Å². The highest BCUT2D eigenvalue weighted by molar-refractivity contribution is 7.99. The minimum Gasteiger partial charge on any atom is -0.325 e. The molecule has 0 aliphatic rings. The van der Waals surface area contributed by atoms with Gasteiger partial charge in [0.05, 0.1) is 5.75 Å². The monoisotopic (exact) mass is 400 g/mol. The number of nitrogens with zero attached hydrogens (tertiary/aromatic N) is 3. The first-order valence-electron chi connectivity index (χ1n) is 9.26. The number of aromatic nitrogens is 3. The van der Waals surface area contributed by atoms with E-state index in [4.69, 9.17) is 0 Å². The summed E-state index contributed by atoms with van der Waals surface area (Å²) in [4.78, 5) is 12.4. The van der Waals surface area contributed by atoms with E-state index in [1.807, 2.05) is 96.4 Å². The van der Waals surface area contributed by atoms with Crippen molar-refractivity contribution in [3.05, 3.63) is 90.5 Å². The van der Waals surface area contributed by atoms with Crippen LogP contribution in [0.3, 0.4) is 0 Å². The van der Waals surface area contributed by atoms with E-state index in [1.165, 1.54) is 11.8 Å². The molecule has 1 aromatic heterocycles. The number of thioether (sulfide) groups is 1. The van der Waals surface area contributed by atoms with E-state index < -0.39 is 0 Å². The van der Waals surface area contributed by atoms with E-state index in [0.717, 1.165) is 28.3 Å². The van der Waals surface area contributed by atoms with Crippen LogP contribution in [0.5, 0.6) is 0 Å². The lowest BCUT2D eigenvalue weighted by Gasteiger charge is -2.10. The summed E-state index contributed by atoms with van der Waals surface area (Å²) in [6, 6.07) is 27.6. The summed E-state index contributed by atoms with van der Waals surface area (Å²) in [7, 11) is 0. The highest BCUT2D eigenvalue weighted by atomic mass is 32.2. The second-order valence-electron chi connectivity index (χ2n) is 6.55. The summed E-state index contributed by atoms with van der Waals surface area (Å²) < 4.78 is 1.99. The number of rotatable bonds is 6. The molecule has 3 aromatic carbocycles. The van der Waals surface area contributed by atoms with Crippen LogP contribution in [0.4, 0.5) is 5.69 Å². The van der Waals surface area contributed by atoms with Crippen LogP contribution in [0.15, 0.2) is 90.1 Å². The highest BCUT2D eigenvalue weighted by Gasteiger charge is 2.17. The van der Waals surface area contributed by atoms with Crippen molar-refractivity contribution in [2.24, 2.45) is 0 Å². The quantitative estimate of drug-likeness (QED) is 0.464. The predicted octanol–water partition coefficient (Wildman–Crippen LogP) is 4.97. The molecule has 144 valence electrons. The molecule has 0 bridgehead atoms. The van der Waals surface area contributed by atoms with Gasteiger partial charge in [0.2, 0.25) is 5.91 Å². The lowest BCUT2D eigenvalue weighted by Crippen LogP contribution is -2.14. The first kappa shape index (κ1) is 19.0. The van der Waals surface area contributed by atoms with Gasteiger partial charge in [-0.15, -0.1) is 10.2 Å². The largest absolute Gasteiger partial charge is 0.325 e. The van der Waals surface area contributed by atoms with E-state index in [0.29, 0.717) is 5.16 Å². The Morgan fingerprint density at radius 3 is 2.38 bits per heavy atom. The molecule has 0 unspecified atom stereocenters. The fraction of sp³-hybridized carbons (Fsp3) is 0.0870. The second kappa shape index (κ2) is 8.75. The fourth-order valence-corrected chi connectivity index (χ4v) is 3.75. The number of carbonyl (C=O) groups is 1. The fourth-order valence-electron chi connectivity index (χ4n) is 3.00. The van der Waals surface area contributed by atoms with Crippen LogP contribution in [0, 0.1) is 6.92 Å². The number of carbonyl (C=O) groups excluding carboxylic acids is 1. The van der Waals surface area contributed by atoms with E-state index in [1.54, 1.807) is 0 Å². The maximum absolute atomic E-state index is 12.4. The third-order valence-electron chi connectivity index (χ3n) is 4.31. The number of aryl methyl sites for hydroxylation is 1. The zero-order valence-electron chi connectivity index (χ0n) is 15.9. The van der Waals surface area contributed by atoms with Gasteiger partial charge in [0.1, 0.15) is 0 Å². The number of amides is 1. The van der Waals surface area contributed by atoms with E-state index >= 15 is 0 Å². The van der Waals surface area contributed by atoms with Crippen molar-refractivity contribution >= 4 is 23.4 Å². The molecule has 29 heavy (non-hydrogen) atoms. The Hall–Kier alpha value is -3.38. The zero-order valence-corrected chi connectivity index (χ0v) is 16.8. The second-order valence-corrected chi connectivity index (χ2v) is 7.49. The Balaban J connectivity index is 1.57. The SMILES string of the molecule is Cc1cccc(NC(=O)CSc2nnc(-c3ccccc3)n2-c2ccccc2)c1. The molecule has 0 radical (unpaired) electrons. The molecule has 4 rings (SSSR count). The summed E-state index contributed by atoms with van der Waals surface area (Å²) in [5, 5.41) is 12.4. The van der Waals surface area contributed by atoms with Crippen LogP contribution in [0.25, 0.3) is 17.1 Å². The van der Waals surface area contributed by atoms with Gasteiger partial charge in [-0.2, -0.15) is 0 Å². The normalized spacial score (nSPS) is 10.7. The first-order valence-corrected chi connectivity index (χ1v) is 10.2. The molecule has 0 atom stereocenters. The number of anilines is 1. The maximum Gasteiger partial charge on any atom is 0.234 e. The highest BCUT2D eigenvalue weighted by Crippen LogP contribution is 2.27. The van der Waals surface area contributed by atoms with E-state index in [-0.39, 0.29) is 11.7 Å². The average Bonchev–Trinajstić information content (AvgIpc) is 3.17. The van der Waals surface area contributed by atoms with E-state index in [2.05, 4.69) is 15.5 Å². The molecule has 0 spiro atoms. The minimum absolute atomic E-state index is 0.0792. The molecule has 4 aromatic rings. The van der Waals surface area contributed by atoms with Crippen LogP contribution in [0.2, 0.25) is 0 Å². The number of nitrogens with one attached hydrogen (secondary N) is 1. The molecule has 0 aliphatic carbocycles. The Kier molecular flexibility index (Phi) is 5.72. The molecule has 1 amide bonds. The average molecular weight is 401 g/mol. The molecular weight excluding hydrogens is 380 g/mol. The minimum atomic E-state index is -0.0792. The van der Waals surface area contributed by atoms with E-state index in [9.17, 15) is 4.79 Å². The zero-order chi connectivity index (χ0) is 20.1. The molecule has 1 heterocycles. The third kappa shape index (κ3) is 4.55. The lowest BCUT2D eigenvalue weighted by molar-refractivity contribution is -0.113. The van der Waals surface area contributed by atoms with Crippen molar-refractivity contribution in [3.8, 4) is 17.1 Å². The van der Waals surface area contributed by atoms with Gasteiger partial charge < -0.3 is 5.32 Å². The maximum atomic E-state index is 12.4. The number of hydrogen-bond acceptors (Lipinski definition) is 4. The number of para-hydroxylation sites is 1.